The molecule has 1 amide bonds. The van der Waals surface area contributed by atoms with E-state index in [1.807, 2.05) is 24.3 Å². The number of rotatable bonds is 3. The molecule has 0 bridgehead atoms. The Kier molecular flexibility index (Phi) is 4.70. The predicted octanol–water partition coefficient (Wildman–Crippen LogP) is 4.72. The molecular formula is C15H9ClIN3OS. The van der Waals surface area contributed by atoms with E-state index in [0.29, 0.717) is 15.7 Å². The van der Waals surface area contributed by atoms with E-state index in [0.717, 1.165) is 14.1 Å². The summed E-state index contributed by atoms with van der Waals surface area (Å²) in [6.45, 7) is 0. The Balaban J connectivity index is 1.75. The summed E-state index contributed by atoms with van der Waals surface area (Å²) in [5, 5.41) is 12.7. The molecule has 0 unspecified atom stereocenters. The van der Waals surface area contributed by atoms with Gasteiger partial charge in [0.15, 0.2) is 0 Å². The first kappa shape index (κ1) is 15.4. The SMILES string of the molecule is O=C(Nc1nnc(-c2ccc(Cl)cc2)s1)c1ccc(I)cc1. The molecule has 3 rings (SSSR count). The summed E-state index contributed by atoms with van der Waals surface area (Å²) in [7, 11) is 0. The molecule has 0 fully saturated rings. The summed E-state index contributed by atoms with van der Waals surface area (Å²) in [6, 6.07) is 14.6. The van der Waals surface area contributed by atoms with Gasteiger partial charge in [0, 0.05) is 19.7 Å². The average molecular weight is 442 g/mol. The quantitative estimate of drug-likeness (QED) is 0.599. The zero-order valence-electron chi connectivity index (χ0n) is 11.1. The highest BCUT2D eigenvalue weighted by Crippen LogP contribution is 2.27. The first-order valence-electron chi connectivity index (χ1n) is 6.28. The van der Waals surface area contributed by atoms with Gasteiger partial charge in [-0.15, -0.1) is 10.2 Å². The molecular weight excluding hydrogens is 433 g/mol. The average Bonchev–Trinajstić information content (AvgIpc) is 2.97. The van der Waals surface area contributed by atoms with Crippen molar-refractivity contribution in [2.24, 2.45) is 0 Å². The fourth-order valence-corrected chi connectivity index (χ4v) is 2.98. The minimum absolute atomic E-state index is 0.199. The van der Waals surface area contributed by atoms with E-state index in [4.69, 9.17) is 11.6 Å². The number of benzene rings is 2. The maximum atomic E-state index is 12.1. The van der Waals surface area contributed by atoms with Gasteiger partial charge in [-0.2, -0.15) is 0 Å². The van der Waals surface area contributed by atoms with Gasteiger partial charge in [0.25, 0.3) is 5.91 Å². The van der Waals surface area contributed by atoms with Crippen LogP contribution in [0.5, 0.6) is 0 Å². The lowest BCUT2D eigenvalue weighted by Gasteiger charge is -2.00. The van der Waals surface area contributed by atoms with Crippen LogP contribution in [0.25, 0.3) is 10.6 Å². The molecule has 0 aliphatic rings. The van der Waals surface area contributed by atoms with E-state index >= 15 is 0 Å². The number of amides is 1. The van der Waals surface area contributed by atoms with E-state index in [1.165, 1.54) is 11.3 Å². The third kappa shape index (κ3) is 3.63. The van der Waals surface area contributed by atoms with Crippen LogP contribution in [0.15, 0.2) is 48.5 Å². The van der Waals surface area contributed by atoms with E-state index in [1.54, 1.807) is 24.3 Å². The lowest BCUT2D eigenvalue weighted by Crippen LogP contribution is -2.11. The van der Waals surface area contributed by atoms with Crippen LogP contribution in [0.3, 0.4) is 0 Å². The van der Waals surface area contributed by atoms with Gasteiger partial charge in [-0.05, 0) is 59.0 Å². The molecule has 0 aliphatic carbocycles. The molecule has 7 heteroatoms. The maximum absolute atomic E-state index is 12.1. The monoisotopic (exact) mass is 441 g/mol. The number of halogens is 2. The second-order valence-electron chi connectivity index (χ2n) is 4.38. The minimum atomic E-state index is -0.199. The summed E-state index contributed by atoms with van der Waals surface area (Å²) in [5.74, 6) is -0.199. The molecule has 0 spiro atoms. The zero-order valence-corrected chi connectivity index (χ0v) is 14.8. The number of anilines is 1. The van der Waals surface area contributed by atoms with Crippen LogP contribution < -0.4 is 5.32 Å². The third-order valence-electron chi connectivity index (χ3n) is 2.84. The maximum Gasteiger partial charge on any atom is 0.257 e. The number of carbonyl (C=O) groups excluding carboxylic acids is 1. The van der Waals surface area contributed by atoms with Gasteiger partial charge in [0.1, 0.15) is 5.01 Å². The molecule has 0 saturated heterocycles. The Morgan fingerprint density at radius 3 is 2.41 bits per heavy atom. The number of aromatic nitrogens is 2. The summed E-state index contributed by atoms with van der Waals surface area (Å²) >= 11 is 9.38. The predicted molar refractivity (Wildman–Crippen MR) is 97.5 cm³/mol. The van der Waals surface area contributed by atoms with Gasteiger partial charge < -0.3 is 0 Å². The normalized spacial score (nSPS) is 10.5. The second kappa shape index (κ2) is 6.72. The van der Waals surface area contributed by atoms with Gasteiger partial charge in [-0.3, -0.25) is 10.1 Å². The lowest BCUT2D eigenvalue weighted by molar-refractivity contribution is 0.102. The van der Waals surface area contributed by atoms with Crippen molar-refractivity contribution in [3.05, 3.63) is 62.7 Å². The zero-order chi connectivity index (χ0) is 15.5. The Morgan fingerprint density at radius 2 is 1.73 bits per heavy atom. The smallest absolute Gasteiger partial charge is 0.257 e. The lowest BCUT2D eigenvalue weighted by atomic mass is 10.2. The number of carbonyl (C=O) groups is 1. The molecule has 1 aromatic heterocycles. The fourth-order valence-electron chi connectivity index (χ4n) is 1.75. The summed E-state index contributed by atoms with van der Waals surface area (Å²) in [6.07, 6.45) is 0. The van der Waals surface area contributed by atoms with Crippen LogP contribution in [-0.4, -0.2) is 16.1 Å². The number of nitrogens with one attached hydrogen (secondary N) is 1. The van der Waals surface area contributed by atoms with Gasteiger partial charge in [0.05, 0.1) is 0 Å². The second-order valence-corrected chi connectivity index (χ2v) is 7.04. The van der Waals surface area contributed by atoms with Crippen molar-refractivity contribution in [3.8, 4) is 10.6 Å². The van der Waals surface area contributed by atoms with E-state index in [-0.39, 0.29) is 5.91 Å². The van der Waals surface area contributed by atoms with Crippen LogP contribution in [0.2, 0.25) is 5.02 Å². The number of hydrogen-bond acceptors (Lipinski definition) is 4. The van der Waals surface area contributed by atoms with E-state index in [2.05, 4.69) is 38.1 Å². The Morgan fingerprint density at radius 1 is 1.05 bits per heavy atom. The van der Waals surface area contributed by atoms with Gasteiger partial charge in [-0.25, -0.2) is 0 Å². The molecule has 110 valence electrons. The van der Waals surface area contributed by atoms with Crippen LogP contribution in [0.4, 0.5) is 5.13 Å². The summed E-state index contributed by atoms with van der Waals surface area (Å²) in [5.41, 5.74) is 1.50. The molecule has 0 saturated carbocycles. The molecule has 0 radical (unpaired) electrons. The highest BCUT2D eigenvalue weighted by Gasteiger charge is 2.11. The molecule has 0 atom stereocenters. The molecule has 1 N–H and O–H groups in total. The van der Waals surface area contributed by atoms with E-state index < -0.39 is 0 Å². The molecule has 22 heavy (non-hydrogen) atoms. The number of nitrogens with zero attached hydrogens (tertiary/aromatic N) is 2. The Hall–Kier alpha value is -1.51. The standard InChI is InChI=1S/C15H9ClIN3OS/c16-11-5-1-10(2-6-11)14-19-20-15(22-14)18-13(21)9-3-7-12(17)8-4-9/h1-8H,(H,18,20,21). The molecule has 3 aromatic rings. The van der Waals surface area contributed by atoms with Crippen molar-refractivity contribution in [1.82, 2.24) is 10.2 Å². The first-order valence-corrected chi connectivity index (χ1v) is 8.55. The summed E-state index contributed by atoms with van der Waals surface area (Å²) < 4.78 is 1.08. The van der Waals surface area contributed by atoms with Crippen LogP contribution in [0.1, 0.15) is 10.4 Å². The Labute approximate surface area is 149 Å². The van der Waals surface area contributed by atoms with Crippen molar-refractivity contribution in [1.29, 1.82) is 0 Å². The molecule has 0 aliphatic heterocycles. The molecule has 2 aromatic carbocycles. The van der Waals surface area contributed by atoms with Gasteiger partial charge >= 0.3 is 0 Å². The minimum Gasteiger partial charge on any atom is -0.296 e. The molecule has 1 heterocycles. The number of hydrogen-bond donors (Lipinski definition) is 1. The third-order valence-corrected chi connectivity index (χ3v) is 4.70. The largest absolute Gasteiger partial charge is 0.296 e. The fraction of sp³-hybridized carbons (Fsp3) is 0. The van der Waals surface area contributed by atoms with Crippen molar-refractivity contribution in [3.63, 3.8) is 0 Å². The van der Waals surface area contributed by atoms with Crippen molar-refractivity contribution in [2.45, 2.75) is 0 Å². The van der Waals surface area contributed by atoms with Crippen molar-refractivity contribution >= 4 is 56.6 Å². The Bertz CT molecular complexity index is 802. The summed E-state index contributed by atoms with van der Waals surface area (Å²) in [4.78, 5) is 12.1. The van der Waals surface area contributed by atoms with Crippen molar-refractivity contribution in [2.75, 3.05) is 5.32 Å². The highest BCUT2D eigenvalue weighted by molar-refractivity contribution is 14.1. The topological polar surface area (TPSA) is 54.9 Å². The highest BCUT2D eigenvalue weighted by atomic mass is 127. The first-order chi connectivity index (χ1) is 10.6. The van der Waals surface area contributed by atoms with E-state index in [9.17, 15) is 4.79 Å². The van der Waals surface area contributed by atoms with Crippen molar-refractivity contribution < 1.29 is 4.79 Å². The van der Waals surface area contributed by atoms with Gasteiger partial charge in [0.2, 0.25) is 5.13 Å². The van der Waals surface area contributed by atoms with Crippen LogP contribution in [-0.2, 0) is 0 Å². The van der Waals surface area contributed by atoms with Crippen LogP contribution in [0, 0.1) is 3.57 Å². The molecule has 4 nitrogen and oxygen atoms in total. The van der Waals surface area contributed by atoms with Crippen LogP contribution >= 0.6 is 45.5 Å². The van der Waals surface area contributed by atoms with Gasteiger partial charge in [-0.1, -0.05) is 35.1 Å².